The summed E-state index contributed by atoms with van der Waals surface area (Å²) in [6.45, 7) is 0.246. The Kier molecular flexibility index (Phi) is 7.99. The van der Waals surface area contributed by atoms with Gasteiger partial charge in [-0.15, -0.1) is 11.8 Å². The summed E-state index contributed by atoms with van der Waals surface area (Å²) in [7, 11) is -2.04. The minimum absolute atomic E-state index is 0.253. The van der Waals surface area contributed by atoms with Gasteiger partial charge in [0.15, 0.2) is 0 Å². The van der Waals surface area contributed by atoms with Gasteiger partial charge >= 0.3 is 0 Å². The van der Waals surface area contributed by atoms with E-state index in [2.05, 4.69) is 5.32 Å². The van der Waals surface area contributed by atoms with E-state index in [9.17, 15) is 13.2 Å². The molecule has 2 aromatic carbocycles. The molecule has 0 aliphatic heterocycles. The number of benzene rings is 2. The molecule has 0 fully saturated rings. The average Bonchev–Trinajstić information content (AvgIpc) is 2.66. The molecule has 2 aromatic rings. The Bertz CT molecular complexity index is 825. The highest BCUT2D eigenvalue weighted by Gasteiger charge is 2.20. The number of nitrogens with one attached hydrogen (secondary N) is 1. The fourth-order valence-corrected chi connectivity index (χ4v) is 4.07. The normalized spacial score (nSPS) is 11.0. The van der Waals surface area contributed by atoms with Crippen molar-refractivity contribution in [3.05, 3.63) is 54.6 Å². The van der Waals surface area contributed by atoms with Crippen LogP contribution in [0.15, 0.2) is 59.5 Å². The second-order valence-electron chi connectivity index (χ2n) is 5.83. The maximum Gasteiger partial charge on any atom is 0.240 e. The molecule has 0 aromatic heterocycles. The highest BCUT2D eigenvalue weighted by Crippen LogP contribution is 2.21. The fraction of sp³-hybridized carbons (Fsp3) is 0.316. The van der Waals surface area contributed by atoms with Crippen molar-refractivity contribution in [2.24, 2.45) is 0 Å². The van der Waals surface area contributed by atoms with Crippen LogP contribution in [-0.2, 0) is 14.8 Å². The highest BCUT2D eigenvalue weighted by atomic mass is 32.2. The average molecular weight is 409 g/mol. The number of amides is 1. The van der Waals surface area contributed by atoms with E-state index in [1.54, 1.807) is 36.0 Å². The van der Waals surface area contributed by atoms with Crippen molar-refractivity contribution < 1.29 is 17.9 Å². The largest absolute Gasteiger partial charge is 0.497 e. The number of carbonyl (C=O) groups excluding carboxylic acids is 1. The van der Waals surface area contributed by atoms with E-state index >= 15 is 0 Å². The van der Waals surface area contributed by atoms with Crippen LogP contribution >= 0.6 is 11.8 Å². The van der Waals surface area contributed by atoms with E-state index in [0.29, 0.717) is 18.0 Å². The van der Waals surface area contributed by atoms with Crippen LogP contribution in [0.1, 0.15) is 6.42 Å². The molecule has 1 N–H and O–H groups in total. The predicted molar refractivity (Wildman–Crippen MR) is 110 cm³/mol. The number of anilines is 1. The molecule has 6 nitrogen and oxygen atoms in total. The van der Waals surface area contributed by atoms with E-state index in [1.165, 1.54) is 12.0 Å². The number of sulfonamides is 1. The van der Waals surface area contributed by atoms with Crippen molar-refractivity contribution >= 4 is 33.4 Å². The first-order valence-electron chi connectivity index (χ1n) is 8.46. The number of thioether (sulfide) groups is 1. The fourth-order valence-electron chi connectivity index (χ4n) is 2.34. The number of hydrogen-bond donors (Lipinski definition) is 1. The van der Waals surface area contributed by atoms with E-state index < -0.39 is 10.0 Å². The number of methoxy groups -OCH3 is 1. The Labute approximate surface area is 165 Å². The van der Waals surface area contributed by atoms with Gasteiger partial charge in [-0.1, -0.05) is 18.2 Å². The maximum atomic E-state index is 12.2. The summed E-state index contributed by atoms with van der Waals surface area (Å²) in [5, 5.41) is 2.78. The molecule has 0 saturated heterocycles. The highest BCUT2D eigenvalue weighted by molar-refractivity contribution is 7.99. The van der Waals surface area contributed by atoms with Crippen LogP contribution in [0.25, 0.3) is 0 Å². The molecule has 146 valence electrons. The minimum Gasteiger partial charge on any atom is -0.497 e. The van der Waals surface area contributed by atoms with Crippen molar-refractivity contribution in [3.8, 4) is 5.75 Å². The Hall–Kier alpha value is -2.19. The van der Waals surface area contributed by atoms with Crippen LogP contribution < -0.4 is 14.4 Å². The molecular weight excluding hydrogens is 384 g/mol. The van der Waals surface area contributed by atoms with Crippen LogP contribution in [0.3, 0.4) is 0 Å². The molecule has 0 unspecified atom stereocenters. The lowest BCUT2D eigenvalue weighted by Crippen LogP contribution is -2.40. The molecule has 0 heterocycles. The van der Waals surface area contributed by atoms with Gasteiger partial charge in [-0.3, -0.25) is 9.10 Å². The summed E-state index contributed by atoms with van der Waals surface area (Å²) in [6.07, 6.45) is 1.88. The van der Waals surface area contributed by atoms with Gasteiger partial charge in [0, 0.05) is 11.4 Å². The van der Waals surface area contributed by atoms with Crippen LogP contribution in [0.2, 0.25) is 0 Å². The smallest absolute Gasteiger partial charge is 0.240 e. The lowest BCUT2D eigenvalue weighted by molar-refractivity contribution is -0.119. The molecule has 0 bridgehead atoms. The number of hydrogen-bond acceptors (Lipinski definition) is 5. The number of nitrogens with zero attached hydrogens (tertiary/aromatic N) is 1. The molecule has 2 rings (SSSR count). The van der Waals surface area contributed by atoms with Gasteiger partial charge in [0.2, 0.25) is 15.9 Å². The molecule has 1 amide bonds. The van der Waals surface area contributed by atoms with Crippen molar-refractivity contribution in [1.29, 1.82) is 0 Å². The first kappa shape index (κ1) is 21.1. The minimum atomic E-state index is -3.58. The molecular formula is C19H24N2O4S2. The SMILES string of the molecule is COc1ccc(N(CC(=O)NCCCSc2ccccc2)S(C)(=O)=O)cc1. The van der Waals surface area contributed by atoms with Gasteiger partial charge in [-0.25, -0.2) is 8.42 Å². The summed E-state index contributed by atoms with van der Waals surface area (Å²) in [5.74, 6) is 1.16. The molecule has 8 heteroatoms. The standard InChI is InChI=1S/C19H24N2O4S2/c1-25-17-11-9-16(10-12-17)21(27(2,23)24)15-19(22)20-13-6-14-26-18-7-4-3-5-8-18/h3-5,7-12H,6,13-15H2,1-2H3,(H,20,22). The molecule has 0 aliphatic carbocycles. The van der Waals surface area contributed by atoms with Crippen molar-refractivity contribution in [2.75, 3.05) is 36.5 Å². The van der Waals surface area contributed by atoms with E-state index in [-0.39, 0.29) is 12.5 Å². The van der Waals surface area contributed by atoms with Crippen LogP contribution in [0.4, 0.5) is 5.69 Å². The molecule has 0 atom stereocenters. The van der Waals surface area contributed by atoms with Crippen LogP contribution in [0.5, 0.6) is 5.75 Å². The molecule has 0 aliphatic rings. The Morgan fingerprint density at radius 1 is 1.11 bits per heavy atom. The number of carbonyl (C=O) groups is 1. The second kappa shape index (κ2) is 10.2. The quantitative estimate of drug-likeness (QED) is 0.483. The van der Waals surface area contributed by atoms with Gasteiger partial charge in [0.25, 0.3) is 0 Å². The number of ether oxygens (including phenoxy) is 1. The Balaban J connectivity index is 1.83. The predicted octanol–water partition coefficient (Wildman–Crippen LogP) is 2.76. The molecule has 0 spiro atoms. The third kappa shape index (κ3) is 7.15. The Morgan fingerprint density at radius 3 is 2.37 bits per heavy atom. The summed E-state index contributed by atoms with van der Waals surface area (Å²) < 4.78 is 30.3. The van der Waals surface area contributed by atoms with Crippen LogP contribution in [-0.4, -0.2) is 46.5 Å². The van der Waals surface area contributed by atoms with Gasteiger partial charge < -0.3 is 10.1 Å². The molecule has 27 heavy (non-hydrogen) atoms. The van der Waals surface area contributed by atoms with Gasteiger partial charge in [-0.05, 0) is 48.6 Å². The molecule has 0 saturated carbocycles. The lowest BCUT2D eigenvalue weighted by atomic mass is 10.3. The topological polar surface area (TPSA) is 75.7 Å². The summed E-state index contributed by atoms with van der Waals surface area (Å²) in [6, 6.07) is 16.6. The van der Waals surface area contributed by atoms with Crippen molar-refractivity contribution in [1.82, 2.24) is 5.32 Å². The summed E-state index contributed by atoms with van der Waals surface area (Å²) >= 11 is 1.72. The van der Waals surface area contributed by atoms with Crippen molar-refractivity contribution in [3.63, 3.8) is 0 Å². The van der Waals surface area contributed by atoms with Gasteiger partial charge in [0.1, 0.15) is 12.3 Å². The Morgan fingerprint density at radius 2 is 1.78 bits per heavy atom. The summed E-state index contributed by atoms with van der Waals surface area (Å²) in [5.41, 5.74) is 0.424. The zero-order chi connectivity index (χ0) is 19.7. The van der Waals surface area contributed by atoms with Gasteiger partial charge in [-0.2, -0.15) is 0 Å². The first-order valence-corrected chi connectivity index (χ1v) is 11.3. The van der Waals surface area contributed by atoms with E-state index in [0.717, 1.165) is 22.7 Å². The lowest BCUT2D eigenvalue weighted by Gasteiger charge is -2.22. The van der Waals surface area contributed by atoms with Crippen LogP contribution in [0, 0.1) is 0 Å². The van der Waals surface area contributed by atoms with E-state index in [1.807, 2.05) is 30.3 Å². The third-order valence-corrected chi connectivity index (χ3v) is 5.94. The third-order valence-electron chi connectivity index (χ3n) is 3.70. The van der Waals surface area contributed by atoms with Gasteiger partial charge in [0.05, 0.1) is 19.1 Å². The molecule has 0 radical (unpaired) electrons. The summed E-state index contributed by atoms with van der Waals surface area (Å²) in [4.78, 5) is 13.4. The number of rotatable bonds is 10. The maximum absolute atomic E-state index is 12.2. The van der Waals surface area contributed by atoms with Crippen molar-refractivity contribution in [2.45, 2.75) is 11.3 Å². The zero-order valence-corrected chi connectivity index (χ0v) is 17.1. The monoisotopic (exact) mass is 408 g/mol. The first-order chi connectivity index (χ1) is 12.9. The zero-order valence-electron chi connectivity index (χ0n) is 15.4. The van der Waals surface area contributed by atoms with E-state index in [4.69, 9.17) is 4.74 Å². The second-order valence-corrected chi connectivity index (χ2v) is 8.91.